The van der Waals surface area contributed by atoms with E-state index in [1.54, 1.807) is 12.1 Å². The lowest BCUT2D eigenvalue weighted by Gasteiger charge is -2.13. The first-order valence-corrected chi connectivity index (χ1v) is 9.54. The lowest BCUT2D eigenvalue weighted by Crippen LogP contribution is -2.31. The summed E-state index contributed by atoms with van der Waals surface area (Å²) in [7, 11) is 0. The minimum atomic E-state index is -0.321. The number of pyridine rings is 1. The Morgan fingerprint density at radius 2 is 1.72 bits per heavy atom. The molecule has 0 saturated heterocycles. The number of benzene rings is 2. The number of aromatic amines is 1. The number of imide groups is 1. The Hall–Kier alpha value is -3.51. The molecule has 0 fully saturated rings. The second-order valence-electron chi connectivity index (χ2n) is 6.85. The molecule has 0 unspecified atom stereocenters. The van der Waals surface area contributed by atoms with E-state index in [9.17, 15) is 9.59 Å². The van der Waals surface area contributed by atoms with Crippen LogP contribution in [0.3, 0.4) is 0 Å². The van der Waals surface area contributed by atoms with Gasteiger partial charge < -0.3 is 0 Å². The van der Waals surface area contributed by atoms with E-state index in [0.29, 0.717) is 45.8 Å². The van der Waals surface area contributed by atoms with Crippen molar-refractivity contribution in [2.24, 2.45) is 0 Å². The van der Waals surface area contributed by atoms with Gasteiger partial charge >= 0.3 is 0 Å². The lowest BCUT2D eigenvalue weighted by molar-refractivity contribution is 0.0656. The second kappa shape index (κ2) is 6.83. The Balaban J connectivity index is 1.56. The topological polar surface area (TPSA) is 79.0 Å². The van der Waals surface area contributed by atoms with Crippen LogP contribution in [0.15, 0.2) is 60.8 Å². The van der Waals surface area contributed by atoms with E-state index in [1.165, 1.54) is 11.1 Å². The Kier molecular flexibility index (Phi) is 4.14. The number of aromatic nitrogens is 3. The van der Waals surface area contributed by atoms with Crippen molar-refractivity contribution in [3.63, 3.8) is 0 Å². The van der Waals surface area contributed by atoms with Crippen LogP contribution in [-0.2, 0) is 6.42 Å². The van der Waals surface area contributed by atoms with Crippen molar-refractivity contribution in [3.8, 4) is 11.3 Å². The molecular formula is C22H15ClN4O2. The van der Waals surface area contributed by atoms with Crippen LogP contribution in [0.1, 0.15) is 26.3 Å². The summed E-state index contributed by atoms with van der Waals surface area (Å²) in [4.78, 5) is 31.7. The Labute approximate surface area is 171 Å². The van der Waals surface area contributed by atoms with Gasteiger partial charge in [0.1, 0.15) is 0 Å². The number of H-pyrrole nitrogens is 1. The van der Waals surface area contributed by atoms with Gasteiger partial charge in [-0.05, 0) is 24.1 Å². The van der Waals surface area contributed by atoms with E-state index in [4.69, 9.17) is 11.6 Å². The summed E-state index contributed by atoms with van der Waals surface area (Å²) in [6.07, 6.45) is 2.03. The summed E-state index contributed by atoms with van der Waals surface area (Å²) in [6, 6.07) is 17.0. The SMILES string of the molecule is O=C1c2cnc3n[nH]c(-c4ccc(Cl)cc4)c3c2C(=O)N1CCc1ccccc1. The molecule has 2 aromatic carbocycles. The largest absolute Gasteiger partial charge is 0.275 e. The third-order valence-corrected chi connectivity index (χ3v) is 5.37. The number of carbonyl (C=O) groups excluding carboxylic acids is 2. The minimum Gasteiger partial charge on any atom is -0.275 e. The molecule has 142 valence electrons. The minimum absolute atomic E-state index is 0.311. The number of fused-ring (bicyclic) bond motifs is 3. The van der Waals surface area contributed by atoms with Crippen LogP contribution in [0.25, 0.3) is 22.3 Å². The number of halogens is 1. The first-order chi connectivity index (χ1) is 14.1. The molecule has 0 bridgehead atoms. The Bertz CT molecular complexity index is 1250. The summed E-state index contributed by atoms with van der Waals surface area (Å²) in [5.74, 6) is -0.636. The molecule has 0 radical (unpaired) electrons. The molecule has 4 aromatic rings. The van der Waals surface area contributed by atoms with Crippen molar-refractivity contribution >= 4 is 34.4 Å². The van der Waals surface area contributed by atoms with Gasteiger partial charge in [0.15, 0.2) is 5.65 Å². The maximum Gasteiger partial charge on any atom is 0.263 e. The standard InChI is InChI=1S/C22H15ClN4O2/c23-15-8-6-14(7-9-15)19-18-17-16(12-24-20(18)26-25-19)21(28)27(22(17)29)11-10-13-4-2-1-3-5-13/h1-9,12H,10-11H2,(H,24,25,26). The molecule has 1 N–H and O–H groups in total. The van der Waals surface area contributed by atoms with Gasteiger partial charge in [-0.2, -0.15) is 5.10 Å². The zero-order chi connectivity index (χ0) is 20.0. The number of rotatable bonds is 4. The summed E-state index contributed by atoms with van der Waals surface area (Å²) in [5.41, 5.74) is 3.60. The van der Waals surface area contributed by atoms with Gasteiger partial charge in [-0.1, -0.05) is 54.1 Å². The highest BCUT2D eigenvalue weighted by Crippen LogP contribution is 2.34. The maximum absolute atomic E-state index is 13.2. The fourth-order valence-electron chi connectivity index (χ4n) is 3.66. The summed E-state index contributed by atoms with van der Waals surface area (Å²) in [6.45, 7) is 0.311. The summed E-state index contributed by atoms with van der Waals surface area (Å²) < 4.78 is 0. The highest BCUT2D eigenvalue weighted by molar-refractivity contribution is 6.30. The quantitative estimate of drug-likeness (QED) is 0.521. The van der Waals surface area contributed by atoms with Crippen molar-refractivity contribution in [1.29, 1.82) is 0 Å². The molecule has 2 amide bonds. The molecule has 0 atom stereocenters. The fourth-order valence-corrected chi connectivity index (χ4v) is 3.78. The Morgan fingerprint density at radius 1 is 0.966 bits per heavy atom. The average Bonchev–Trinajstić information content (AvgIpc) is 3.27. The zero-order valence-corrected chi connectivity index (χ0v) is 16.0. The highest BCUT2D eigenvalue weighted by Gasteiger charge is 2.38. The van der Waals surface area contributed by atoms with E-state index in [0.717, 1.165) is 11.1 Å². The number of carbonyl (C=O) groups is 2. The first kappa shape index (κ1) is 17.6. The summed E-state index contributed by atoms with van der Waals surface area (Å²) >= 11 is 5.99. The molecule has 1 aliphatic rings. The third-order valence-electron chi connectivity index (χ3n) is 5.12. The highest BCUT2D eigenvalue weighted by atomic mass is 35.5. The van der Waals surface area contributed by atoms with Crippen LogP contribution in [0, 0.1) is 0 Å². The molecular weight excluding hydrogens is 388 g/mol. The van der Waals surface area contributed by atoms with E-state index in [1.807, 2.05) is 42.5 Å². The van der Waals surface area contributed by atoms with Crippen LogP contribution in [-0.4, -0.2) is 38.4 Å². The number of nitrogens with one attached hydrogen (secondary N) is 1. The Morgan fingerprint density at radius 3 is 2.48 bits per heavy atom. The monoisotopic (exact) mass is 402 g/mol. The molecule has 29 heavy (non-hydrogen) atoms. The number of nitrogens with zero attached hydrogens (tertiary/aromatic N) is 3. The third kappa shape index (κ3) is 2.89. The molecule has 2 aromatic heterocycles. The molecule has 0 spiro atoms. The maximum atomic E-state index is 13.2. The smallest absolute Gasteiger partial charge is 0.263 e. The zero-order valence-electron chi connectivity index (χ0n) is 15.2. The lowest BCUT2D eigenvalue weighted by atomic mass is 10.0. The van der Waals surface area contributed by atoms with E-state index >= 15 is 0 Å². The molecule has 1 aliphatic heterocycles. The van der Waals surface area contributed by atoms with E-state index in [2.05, 4.69) is 15.2 Å². The van der Waals surface area contributed by atoms with Gasteiger partial charge in [-0.15, -0.1) is 0 Å². The van der Waals surface area contributed by atoms with Gasteiger partial charge in [-0.25, -0.2) is 4.98 Å². The predicted octanol–water partition coefficient (Wildman–Crippen LogP) is 4.12. The molecule has 7 heteroatoms. The van der Waals surface area contributed by atoms with Crippen molar-refractivity contribution in [3.05, 3.63) is 82.5 Å². The van der Waals surface area contributed by atoms with Gasteiger partial charge in [0.25, 0.3) is 11.8 Å². The number of amides is 2. The fraction of sp³-hybridized carbons (Fsp3) is 0.0909. The van der Waals surface area contributed by atoms with Crippen LogP contribution in [0.5, 0.6) is 0 Å². The van der Waals surface area contributed by atoms with Crippen molar-refractivity contribution < 1.29 is 9.59 Å². The molecule has 5 rings (SSSR count). The number of hydrogen-bond donors (Lipinski definition) is 1. The second-order valence-corrected chi connectivity index (χ2v) is 7.28. The predicted molar refractivity (Wildman–Crippen MR) is 110 cm³/mol. The van der Waals surface area contributed by atoms with Gasteiger partial charge in [0, 0.05) is 23.3 Å². The first-order valence-electron chi connectivity index (χ1n) is 9.16. The average molecular weight is 403 g/mol. The van der Waals surface area contributed by atoms with Gasteiger partial charge in [0.05, 0.1) is 22.2 Å². The number of hydrogen-bond acceptors (Lipinski definition) is 4. The molecule has 3 heterocycles. The van der Waals surface area contributed by atoms with Crippen LogP contribution >= 0.6 is 11.6 Å². The normalized spacial score (nSPS) is 13.3. The van der Waals surface area contributed by atoms with Crippen LogP contribution in [0.4, 0.5) is 0 Å². The van der Waals surface area contributed by atoms with Crippen molar-refractivity contribution in [2.45, 2.75) is 6.42 Å². The summed E-state index contributed by atoms with van der Waals surface area (Å²) in [5, 5.41) is 8.34. The van der Waals surface area contributed by atoms with Crippen LogP contribution in [0.2, 0.25) is 5.02 Å². The molecule has 0 aliphatic carbocycles. The van der Waals surface area contributed by atoms with Crippen molar-refractivity contribution in [1.82, 2.24) is 20.1 Å². The van der Waals surface area contributed by atoms with Crippen molar-refractivity contribution in [2.75, 3.05) is 6.54 Å². The van der Waals surface area contributed by atoms with E-state index in [-0.39, 0.29) is 11.8 Å². The van der Waals surface area contributed by atoms with Gasteiger partial charge in [-0.3, -0.25) is 19.6 Å². The molecule has 6 nitrogen and oxygen atoms in total. The molecule has 0 saturated carbocycles. The van der Waals surface area contributed by atoms with E-state index < -0.39 is 0 Å². The van der Waals surface area contributed by atoms with Crippen LogP contribution < -0.4 is 0 Å². The van der Waals surface area contributed by atoms with Gasteiger partial charge in [0.2, 0.25) is 0 Å².